The van der Waals surface area contributed by atoms with Crippen LogP contribution in [-0.2, 0) is 17.9 Å². The molecular formula is C18H24IN3O4. The van der Waals surface area contributed by atoms with Crippen molar-refractivity contribution in [2.75, 3.05) is 27.0 Å². The van der Waals surface area contributed by atoms with Crippen molar-refractivity contribution in [3.05, 3.63) is 47.9 Å². The summed E-state index contributed by atoms with van der Waals surface area (Å²) in [5.41, 5.74) is 1.11. The molecule has 0 fully saturated rings. The maximum absolute atomic E-state index is 5.55. The van der Waals surface area contributed by atoms with Gasteiger partial charge in [0.15, 0.2) is 17.5 Å². The quantitative estimate of drug-likeness (QED) is 0.266. The molecule has 0 bridgehead atoms. The second-order valence-electron chi connectivity index (χ2n) is 5.53. The molecule has 0 saturated carbocycles. The Hall–Kier alpha value is -1.94. The SMILES string of the molecule is CN=C(NCCCOCc1ccco1)NCc1ccc2c(c1)OCO2.I. The zero-order valence-electron chi connectivity index (χ0n) is 14.7. The van der Waals surface area contributed by atoms with Crippen molar-refractivity contribution in [2.24, 2.45) is 4.99 Å². The fourth-order valence-corrected chi connectivity index (χ4v) is 2.41. The summed E-state index contributed by atoms with van der Waals surface area (Å²) in [5, 5.41) is 6.54. The van der Waals surface area contributed by atoms with Crippen LogP contribution in [0, 0.1) is 0 Å². The largest absolute Gasteiger partial charge is 0.467 e. The highest BCUT2D eigenvalue weighted by atomic mass is 127. The second-order valence-corrected chi connectivity index (χ2v) is 5.53. The highest BCUT2D eigenvalue weighted by Crippen LogP contribution is 2.32. The predicted octanol–water partition coefficient (Wildman–Crippen LogP) is 2.90. The van der Waals surface area contributed by atoms with Crippen molar-refractivity contribution in [3.63, 3.8) is 0 Å². The molecule has 8 heteroatoms. The Morgan fingerprint density at radius 1 is 1.19 bits per heavy atom. The van der Waals surface area contributed by atoms with Crippen LogP contribution in [0.2, 0.25) is 0 Å². The van der Waals surface area contributed by atoms with Gasteiger partial charge >= 0.3 is 0 Å². The molecule has 1 aromatic carbocycles. The van der Waals surface area contributed by atoms with Crippen molar-refractivity contribution in [1.29, 1.82) is 0 Å². The lowest BCUT2D eigenvalue weighted by Crippen LogP contribution is -2.37. The summed E-state index contributed by atoms with van der Waals surface area (Å²) >= 11 is 0. The molecule has 0 atom stereocenters. The molecule has 0 saturated heterocycles. The van der Waals surface area contributed by atoms with Crippen LogP contribution in [0.25, 0.3) is 0 Å². The summed E-state index contributed by atoms with van der Waals surface area (Å²) in [7, 11) is 1.75. The first-order chi connectivity index (χ1) is 12.3. The molecule has 142 valence electrons. The number of hydrogen-bond donors (Lipinski definition) is 2. The maximum Gasteiger partial charge on any atom is 0.231 e. The summed E-state index contributed by atoms with van der Waals surface area (Å²) in [5.74, 6) is 3.18. The molecule has 3 rings (SSSR count). The molecule has 1 aliphatic heterocycles. The number of hydrogen-bond acceptors (Lipinski definition) is 5. The van der Waals surface area contributed by atoms with Gasteiger partial charge in [-0.2, -0.15) is 0 Å². The third kappa shape index (κ3) is 6.10. The van der Waals surface area contributed by atoms with Crippen LogP contribution in [0.5, 0.6) is 11.5 Å². The topological polar surface area (TPSA) is 77.3 Å². The first kappa shape index (κ1) is 20.4. The van der Waals surface area contributed by atoms with Crippen LogP contribution >= 0.6 is 24.0 Å². The molecule has 2 aromatic rings. The number of benzene rings is 1. The molecule has 2 N–H and O–H groups in total. The fourth-order valence-electron chi connectivity index (χ4n) is 2.41. The molecule has 0 unspecified atom stereocenters. The van der Waals surface area contributed by atoms with Crippen molar-refractivity contribution in [3.8, 4) is 11.5 Å². The first-order valence-corrected chi connectivity index (χ1v) is 8.28. The number of nitrogens with one attached hydrogen (secondary N) is 2. The number of aliphatic imine (C=N–C) groups is 1. The van der Waals surface area contributed by atoms with Gasteiger partial charge in [-0.3, -0.25) is 4.99 Å². The molecule has 26 heavy (non-hydrogen) atoms. The lowest BCUT2D eigenvalue weighted by molar-refractivity contribution is 0.105. The number of fused-ring (bicyclic) bond motifs is 1. The minimum atomic E-state index is 0. The minimum absolute atomic E-state index is 0. The van der Waals surface area contributed by atoms with Crippen LogP contribution in [-0.4, -0.2) is 33.0 Å². The van der Waals surface area contributed by atoms with Crippen LogP contribution < -0.4 is 20.1 Å². The number of ether oxygens (including phenoxy) is 3. The van der Waals surface area contributed by atoms with Gasteiger partial charge in [0.05, 0.1) is 6.26 Å². The standard InChI is InChI=1S/C18H23N3O4.HI/c1-19-18(20-7-3-8-22-12-15-4-2-9-23-15)21-11-14-5-6-16-17(10-14)25-13-24-16;/h2,4-6,9-10H,3,7-8,11-13H2,1H3,(H2,19,20,21);1H. The Balaban J connectivity index is 0.00000243. The number of furan rings is 1. The van der Waals surface area contributed by atoms with E-state index in [1.807, 2.05) is 30.3 Å². The van der Waals surface area contributed by atoms with Crippen molar-refractivity contribution in [1.82, 2.24) is 10.6 Å². The van der Waals surface area contributed by atoms with Crippen molar-refractivity contribution >= 4 is 29.9 Å². The average Bonchev–Trinajstić information content (AvgIpc) is 3.31. The molecule has 0 radical (unpaired) electrons. The van der Waals surface area contributed by atoms with E-state index < -0.39 is 0 Å². The summed E-state index contributed by atoms with van der Waals surface area (Å²) in [6.07, 6.45) is 2.53. The predicted molar refractivity (Wildman–Crippen MR) is 109 cm³/mol. The van der Waals surface area contributed by atoms with Crippen molar-refractivity contribution < 1.29 is 18.6 Å². The molecule has 0 spiro atoms. The van der Waals surface area contributed by atoms with Gasteiger partial charge in [0, 0.05) is 26.7 Å². The number of nitrogens with zero attached hydrogens (tertiary/aromatic N) is 1. The van der Waals surface area contributed by atoms with Gasteiger partial charge in [-0.05, 0) is 36.2 Å². The molecule has 1 aromatic heterocycles. The number of halogens is 1. The van der Waals surface area contributed by atoms with E-state index in [0.29, 0.717) is 19.8 Å². The second kappa shape index (κ2) is 10.9. The fraction of sp³-hybridized carbons (Fsp3) is 0.389. The lowest BCUT2D eigenvalue weighted by atomic mass is 10.2. The van der Waals surface area contributed by atoms with Gasteiger partial charge in [0.1, 0.15) is 12.4 Å². The molecule has 1 aliphatic rings. The van der Waals surface area contributed by atoms with E-state index in [1.165, 1.54) is 0 Å². The van der Waals surface area contributed by atoms with E-state index in [4.69, 9.17) is 18.6 Å². The third-order valence-electron chi connectivity index (χ3n) is 3.70. The lowest BCUT2D eigenvalue weighted by Gasteiger charge is -2.12. The number of rotatable bonds is 8. The van der Waals surface area contributed by atoms with Crippen molar-refractivity contribution in [2.45, 2.75) is 19.6 Å². The van der Waals surface area contributed by atoms with E-state index in [0.717, 1.165) is 41.7 Å². The van der Waals surface area contributed by atoms with Gasteiger partial charge in [-0.15, -0.1) is 24.0 Å². The Kier molecular flexibility index (Phi) is 8.56. The summed E-state index contributed by atoms with van der Waals surface area (Å²) < 4.78 is 21.5. The van der Waals surface area contributed by atoms with Gasteiger partial charge in [-0.25, -0.2) is 0 Å². The molecule has 0 amide bonds. The third-order valence-corrected chi connectivity index (χ3v) is 3.70. The Morgan fingerprint density at radius 3 is 2.88 bits per heavy atom. The van der Waals surface area contributed by atoms with E-state index >= 15 is 0 Å². The highest BCUT2D eigenvalue weighted by molar-refractivity contribution is 14.0. The van der Waals surface area contributed by atoms with Gasteiger partial charge in [0.25, 0.3) is 0 Å². The van der Waals surface area contributed by atoms with E-state index in [9.17, 15) is 0 Å². The normalized spacial score (nSPS) is 12.6. The van der Waals surface area contributed by atoms with E-state index in [-0.39, 0.29) is 30.8 Å². The summed E-state index contributed by atoms with van der Waals surface area (Å²) in [6.45, 7) is 2.89. The van der Waals surface area contributed by atoms with E-state index in [1.54, 1.807) is 13.3 Å². The van der Waals surface area contributed by atoms with Gasteiger partial charge in [-0.1, -0.05) is 6.07 Å². The number of guanidine groups is 1. The van der Waals surface area contributed by atoms with E-state index in [2.05, 4.69) is 15.6 Å². The minimum Gasteiger partial charge on any atom is -0.467 e. The van der Waals surface area contributed by atoms with Gasteiger partial charge < -0.3 is 29.3 Å². The highest BCUT2D eigenvalue weighted by Gasteiger charge is 2.13. The zero-order chi connectivity index (χ0) is 17.3. The molecule has 0 aliphatic carbocycles. The zero-order valence-corrected chi connectivity index (χ0v) is 17.0. The Bertz CT molecular complexity index is 692. The smallest absolute Gasteiger partial charge is 0.231 e. The van der Waals surface area contributed by atoms with Gasteiger partial charge in [0.2, 0.25) is 6.79 Å². The van der Waals surface area contributed by atoms with Crippen LogP contribution in [0.15, 0.2) is 46.0 Å². The summed E-state index contributed by atoms with van der Waals surface area (Å²) in [4.78, 5) is 4.22. The Labute approximate surface area is 170 Å². The maximum atomic E-state index is 5.55. The molecule has 2 heterocycles. The first-order valence-electron chi connectivity index (χ1n) is 8.28. The summed E-state index contributed by atoms with van der Waals surface area (Å²) in [6, 6.07) is 9.67. The Morgan fingerprint density at radius 2 is 2.08 bits per heavy atom. The molecular weight excluding hydrogens is 449 g/mol. The van der Waals surface area contributed by atoms with Crippen LogP contribution in [0.1, 0.15) is 17.7 Å². The van der Waals surface area contributed by atoms with Crippen LogP contribution in [0.4, 0.5) is 0 Å². The monoisotopic (exact) mass is 473 g/mol. The average molecular weight is 473 g/mol. The molecule has 7 nitrogen and oxygen atoms in total. The van der Waals surface area contributed by atoms with Crippen LogP contribution in [0.3, 0.4) is 0 Å².